The summed E-state index contributed by atoms with van der Waals surface area (Å²) in [5, 5.41) is 23.7. The molecule has 0 aliphatic carbocycles. The number of aromatic nitrogens is 3. The Morgan fingerprint density at radius 1 is 1.03 bits per heavy atom. The topological polar surface area (TPSA) is 103 Å². The van der Waals surface area contributed by atoms with E-state index in [1.165, 1.54) is 35.0 Å². The number of nitrogens with one attached hydrogen (secondary N) is 1. The number of carbonyl (C=O) groups is 1. The molecule has 9 heteroatoms. The van der Waals surface area contributed by atoms with Gasteiger partial charge in [-0.3, -0.25) is 19.5 Å². The molecule has 0 radical (unpaired) electrons. The van der Waals surface area contributed by atoms with Crippen LogP contribution in [0.15, 0.2) is 78.0 Å². The molecular formula is C29H31N5O3S. The lowest BCUT2D eigenvalue weighted by atomic mass is 9.86. The first-order chi connectivity index (χ1) is 18.0. The summed E-state index contributed by atoms with van der Waals surface area (Å²) >= 11 is 1.52. The van der Waals surface area contributed by atoms with Gasteiger partial charge < -0.3 is 5.32 Å². The smallest absolute Gasteiger partial charge is 0.269 e. The third-order valence-electron chi connectivity index (χ3n) is 6.34. The number of rotatable bonds is 8. The highest BCUT2D eigenvalue weighted by Crippen LogP contribution is 2.29. The van der Waals surface area contributed by atoms with Crippen LogP contribution in [0.4, 0.5) is 5.69 Å². The molecule has 1 heterocycles. The number of carbonyl (C=O) groups excluding carboxylic acids is 1. The number of nitrogens with zero attached hydrogens (tertiary/aromatic N) is 4. The minimum Gasteiger partial charge on any atom is -0.342 e. The van der Waals surface area contributed by atoms with Gasteiger partial charge in [-0.2, -0.15) is 0 Å². The highest BCUT2D eigenvalue weighted by molar-refractivity contribution is 7.98. The Morgan fingerprint density at radius 3 is 2.29 bits per heavy atom. The zero-order chi connectivity index (χ0) is 27.4. The Labute approximate surface area is 226 Å². The van der Waals surface area contributed by atoms with Gasteiger partial charge in [0.1, 0.15) is 0 Å². The fraction of sp³-hybridized carbons (Fsp3) is 0.276. The molecule has 1 aromatic heterocycles. The van der Waals surface area contributed by atoms with Gasteiger partial charge in [0.25, 0.3) is 11.6 Å². The maximum Gasteiger partial charge on any atom is 0.269 e. The van der Waals surface area contributed by atoms with Crippen molar-refractivity contribution in [3.05, 3.63) is 111 Å². The largest absolute Gasteiger partial charge is 0.342 e. The molecule has 38 heavy (non-hydrogen) atoms. The quantitative estimate of drug-likeness (QED) is 0.157. The van der Waals surface area contributed by atoms with E-state index in [0.717, 1.165) is 5.56 Å². The van der Waals surface area contributed by atoms with Crippen LogP contribution in [-0.2, 0) is 11.2 Å². The summed E-state index contributed by atoms with van der Waals surface area (Å²) in [7, 11) is 0. The molecule has 0 aliphatic heterocycles. The Kier molecular flexibility index (Phi) is 7.97. The number of nitro groups is 1. The van der Waals surface area contributed by atoms with Crippen molar-refractivity contribution in [2.75, 3.05) is 0 Å². The highest BCUT2D eigenvalue weighted by Gasteiger charge is 2.23. The Hall–Kier alpha value is -3.98. The molecule has 0 bridgehead atoms. The lowest BCUT2D eigenvalue weighted by Gasteiger charge is -2.19. The van der Waals surface area contributed by atoms with Gasteiger partial charge in [0, 0.05) is 29.1 Å². The first-order valence-electron chi connectivity index (χ1n) is 12.3. The predicted molar refractivity (Wildman–Crippen MR) is 150 cm³/mol. The standard InChI is InChI=1S/C29H31N5O3S/c1-19-8-6-7-9-22(19)18-38-28-32-31-26(33(28)24-14-16-25(17-15-24)34(36)37)20(2)30-27(35)21-10-12-23(13-11-21)29(3,4)5/h6-17,20H,18H2,1-5H3,(H,30,35). The molecule has 196 valence electrons. The molecule has 3 aromatic carbocycles. The Balaban J connectivity index is 1.62. The lowest BCUT2D eigenvalue weighted by Crippen LogP contribution is -2.28. The third kappa shape index (κ3) is 6.11. The van der Waals surface area contributed by atoms with E-state index in [0.29, 0.717) is 28.0 Å². The first kappa shape index (κ1) is 27.1. The molecule has 0 spiro atoms. The molecule has 4 aromatic rings. The number of aryl methyl sites for hydroxylation is 1. The van der Waals surface area contributed by atoms with E-state index >= 15 is 0 Å². The van der Waals surface area contributed by atoms with Crippen molar-refractivity contribution in [1.29, 1.82) is 0 Å². The van der Waals surface area contributed by atoms with Crippen LogP contribution >= 0.6 is 11.8 Å². The van der Waals surface area contributed by atoms with Crippen molar-refractivity contribution in [2.45, 2.75) is 57.0 Å². The van der Waals surface area contributed by atoms with Crippen molar-refractivity contribution >= 4 is 23.4 Å². The van der Waals surface area contributed by atoms with Crippen LogP contribution in [0, 0.1) is 17.0 Å². The average Bonchev–Trinajstić information content (AvgIpc) is 3.32. The maximum atomic E-state index is 13.1. The molecule has 0 fully saturated rings. The zero-order valence-electron chi connectivity index (χ0n) is 22.1. The van der Waals surface area contributed by atoms with Crippen LogP contribution in [0.5, 0.6) is 0 Å². The van der Waals surface area contributed by atoms with Crippen LogP contribution in [0.1, 0.15) is 66.6 Å². The fourth-order valence-corrected chi connectivity index (χ4v) is 5.04. The summed E-state index contributed by atoms with van der Waals surface area (Å²) < 4.78 is 1.85. The van der Waals surface area contributed by atoms with Crippen LogP contribution in [-0.4, -0.2) is 25.6 Å². The van der Waals surface area contributed by atoms with E-state index in [1.54, 1.807) is 12.1 Å². The van der Waals surface area contributed by atoms with Gasteiger partial charge >= 0.3 is 0 Å². The fourth-order valence-electron chi connectivity index (χ4n) is 4.00. The number of amides is 1. The van der Waals surface area contributed by atoms with Crippen molar-refractivity contribution in [3.63, 3.8) is 0 Å². The molecule has 1 atom stereocenters. The molecule has 0 saturated heterocycles. The summed E-state index contributed by atoms with van der Waals surface area (Å²) in [5.41, 5.74) is 4.74. The van der Waals surface area contributed by atoms with Crippen LogP contribution in [0.2, 0.25) is 0 Å². The highest BCUT2D eigenvalue weighted by atomic mass is 32.2. The van der Waals surface area contributed by atoms with Crippen molar-refractivity contribution in [3.8, 4) is 5.69 Å². The van der Waals surface area contributed by atoms with Gasteiger partial charge in [0.2, 0.25) is 0 Å². The van der Waals surface area contributed by atoms with Gasteiger partial charge in [0.05, 0.1) is 11.0 Å². The molecule has 0 aliphatic rings. The predicted octanol–water partition coefficient (Wildman–Crippen LogP) is 6.56. The molecular weight excluding hydrogens is 498 g/mol. The van der Waals surface area contributed by atoms with Gasteiger partial charge in [0.15, 0.2) is 11.0 Å². The van der Waals surface area contributed by atoms with Crippen LogP contribution in [0.3, 0.4) is 0 Å². The summed E-state index contributed by atoms with van der Waals surface area (Å²) in [6, 6.07) is 21.5. The minimum absolute atomic E-state index is 0.00228. The van der Waals surface area contributed by atoms with Gasteiger partial charge in [-0.05, 0) is 60.2 Å². The summed E-state index contributed by atoms with van der Waals surface area (Å²) in [6.07, 6.45) is 0. The second-order valence-corrected chi connectivity index (χ2v) is 11.1. The lowest BCUT2D eigenvalue weighted by molar-refractivity contribution is -0.384. The van der Waals surface area contributed by atoms with E-state index in [9.17, 15) is 14.9 Å². The summed E-state index contributed by atoms with van der Waals surface area (Å²) in [6.45, 7) is 10.3. The monoisotopic (exact) mass is 529 g/mol. The zero-order valence-corrected chi connectivity index (χ0v) is 23.0. The molecule has 1 amide bonds. The average molecular weight is 530 g/mol. The van der Waals surface area contributed by atoms with Crippen LogP contribution < -0.4 is 5.32 Å². The SMILES string of the molecule is Cc1ccccc1CSc1nnc(C(C)NC(=O)c2ccc(C(C)(C)C)cc2)n1-c1ccc([N+](=O)[O-])cc1. The van der Waals surface area contributed by atoms with E-state index in [-0.39, 0.29) is 17.0 Å². The van der Waals surface area contributed by atoms with E-state index in [1.807, 2.05) is 47.9 Å². The van der Waals surface area contributed by atoms with Crippen molar-refractivity contribution in [1.82, 2.24) is 20.1 Å². The summed E-state index contributed by atoms with van der Waals surface area (Å²) in [5.74, 6) is 0.995. The minimum atomic E-state index is -0.472. The number of non-ortho nitro benzene ring substituents is 1. The van der Waals surface area contributed by atoms with Gasteiger partial charge in [-0.25, -0.2) is 0 Å². The van der Waals surface area contributed by atoms with Crippen LogP contribution in [0.25, 0.3) is 5.69 Å². The molecule has 1 unspecified atom stereocenters. The summed E-state index contributed by atoms with van der Waals surface area (Å²) in [4.78, 5) is 23.8. The van der Waals surface area contributed by atoms with E-state index in [2.05, 4.69) is 55.3 Å². The normalized spacial score (nSPS) is 12.2. The molecule has 1 N–H and O–H groups in total. The molecule has 4 rings (SSSR count). The molecule has 0 saturated carbocycles. The maximum absolute atomic E-state index is 13.1. The number of thioether (sulfide) groups is 1. The van der Waals surface area contributed by atoms with Crippen molar-refractivity contribution < 1.29 is 9.72 Å². The van der Waals surface area contributed by atoms with Crippen molar-refractivity contribution in [2.24, 2.45) is 0 Å². The van der Waals surface area contributed by atoms with Gasteiger partial charge in [-0.15, -0.1) is 10.2 Å². The number of hydrogen-bond donors (Lipinski definition) is 1. The Bertz CT molecular complexity index is 1440. The van der Waals surface area contributed by atoms with E-state index in [4.69, 9.17) is 0 Å². The second kappa shape index (κ2) is 11.2. The second-order valence-electron chi connectivity index (χ2n) is 10.2. The number of benzene rings is 3. The number of hydrogen-bond acceptors (Lipinski definition) is 6. The molecule has 8 nitrogen and oxygen atoms in total. The first-order valence-corrected chi connectivity index (χ1v) is 13.3. The van der Waals surface area contributed by atoms with E-state index < -0.39 is 11.0 Å². The van der Waals surface area contributed by atoms with Gasteiger partial charge in [-0.1, -0.05) is 68.9 Å². The Morgan fingerprint density at radius 2 is 1.68 bits per heavy atom. The number of nitro benzene ring substituents is 1. The third-order valence-corrected chi connectivity index (χ3v) is 7.32.